The predicted molar refractivity (Wildman–Crippen MR) is 58.0 cm³/mol. The van der Waals surface area contributed by atoms with Crippen LogP contribution < -0.4 is 0 Å². The molecule has 1 saturated heterocycles. The molecule has 0 saturated carbocycles. The lowest BCUT2D eigenvalue weighted by Crippen LogP contribution is -2.36. The van der Waals surface area contributed by atoms with E-state index in [1.54, 1.807) is 0 Å². The average Bonchev–Trinajstić information content (AvgIpc) is 2.35. The zero-order chi connectivity index (χ0) is 13.6. The van der Waals surface area contributed by atoms with Crippen molar-refractivity contribution >= 4 is 5.78 Å². The van der Waals surface area contributed by atoms with Crippen molar-refractivity contribution in [2.75, 3.05) is 13.2 Å². The number of hydrogen-bond acceptors (Lipinski definition) is 2. The Morgan fingerprint density at radius 1 is 1.22 bits per heavy atom. The van der Waals surface area contributed by atoms with Crippen LogP contribution in [0.2, 0.25) is 0 Å². The summed E-state index contributed by atoms with van der Waals surface area (Å²) in [5.41, 5.74) is 0. The fraction of sp³-hybridized carbons (Fsp3) is 0.917. The fourth-order valence-electron chi connectivity index (χ4n) is 2.04. The summed E-state index contributed by atoms with van der Waals surface area (Å²) in [5, 5.41) is 0. The third-order valence-electron chi connectivity index (χ3n) is 3.25. The van der Waals surface area contributed by atoms with Gasteiger partial charge in [-0.1, -0.05) is 12.8 Å². The third kappa shape index (κ3) is 4.55. The van der Waals surface area contributed by atoms with Crippen molar-refractivity contribution in [1.82, 2.24) is 0 Å². The number of alkyl halides is 4. The minimum Gasteiger partial charge on any atom is -0.381 e. The minimum absolute atomic E-state index is 0.249. The van der Waals surface area contributed by atoms with Crippen molar-refractivity contribution in [3.63, 3.8) is 0 Å². The Hall–Kier alpha value is -0.650. The van der Waals surface area contributed by atoms with Gasteiger partial charge in [0, 0.05) is 19.6 Å². The van der Waals surface area contributed by atoms with E-state index in [4.69, 9.17) is 4.74 Å². The Balaban J connectivity index is 2.15. The van der Waals surface area contributed by atoms with Crippen LogP contribution in [0.4, 0.5) is 17.6 Å². The number of halogens is 4. The van der Waals surface area contributed by atoms with Crippen molar-refractivity contribution in [2.24, 2.45) is 5.92 Å². The van der Waals surface area contributed by atoms with Gasteiger partial charge < -0.3 is 4.74 Å². The van der Waals surface area contributed by atoms with Crippen LogP contribution in [-0.2, 0) is 9.53 Å². The number of ether oxygens (including phenoxy) is 1. The van der Waals surface area contributed by atoms with Gasteiger partial charge in [-0.25, -0.2) is 8.78 Å². The molecule has 0 aliphatic carbocycles. The van der Waals surface area contributed by atoms with Gasteiger partial charge in [0.15, 0.2) is 0 Å². The maximum Gasteiger partial charge on any atom is 0.364 e. The van der Waals surface area contributed by atoms with E-state index in [1.165, 1.54) is 0 Å². The molecule has 0 aromatic carbocycles. The number of carbonyl (C=O) groups excluding carboxylic acids is 1. The van der Waals surface area contributed by atoms with Gasteiger partial charge in [0.1, 0.15) is 0 Å². The normalized spacial score (nSPS) is 18.3. The van der Waals surface area contributed by atoms with Crippen LogP contribution in [-0.4, -0.2) is 31.3 Å². The Morgan fingerprint density at radius 3 is 2.39 bits per heavy atom. The van der Waals surface area contributed by atoms with Crippen molar-refractivity contribution in [3.05, 3.63) is 0 Å². The summed E-state index contributed by atoms with van der Waals surface area (Å²) in [5.74, 6) is -5.63. The molecule has 0 aromatic heterocycles. The first-order valence-corrected chi connectivity index (χ1v) is 6.21. The van der Waals surface area contributed by atoms with Gasteiger partial charge in [-0.3, -0.25) is 4.79 Å². The Labute approximate surface area is 104 Å². The van der Waals surface area contributed by atoms with Crippen LogP contribution in [0.3, 0.4) is 0 Å². The first-order chi connectivity index (χ1) is 8.44. The summed E-state index contributed by atoms with van der Waals surface area (Å²) in [6, 6.07) is 0. The van der Waals surface area contributed by atoms with Gasteiger partial charge in [0.2, 0.25) is 5.78 Å². The van der Waals surface area contributed by atoms with Crippen molar-refractivity contribution < 1.29 is 27.1 Å². The Morgan fingerprint density at radius 2 is 1.83 bits per heavy atom. The standard InChI is InChI=1S/C12H18F4O2/c13-11(14)12(15,16)10(17)4-2-1-3-9-5-7-18-8-6-9/h9,11H,1-8H2. The number of carbonyl (C=O) groups is 1. The molecule has 0 N–H and O–H groups in total. The lowest BCUT2D eigenvalue weighted by atomic mass is 9.93. The molecule has 6 heteroatoms. The van der Waals surface area contributed by atoms with Crippen molar-refractivity contribution in [2.45, 2.75) is 50.9 Å². The molecule has 2 nitrogen and oxygen atoms in total. The number of Topliss-reactive ketones (excluding diaryl/α,β-unsaturated/α-hetero) is 1. The SMILES string of the molecule is O=C(CCCCC1CCOCC1)C(F)(F)C(F)F. The highest BCUT2D eigenvalue weighted by atomic mass is 19.3. The second kappa shape index (κ2) is 7.07. The van der Waals surface area contributed by atoms with Crippen molar-refractivity contribution in [1.29, 1.82) is 0 Å². The van der Waals surface area contributed by atoms with Crippen LogP contribution in [0, 0.1) is 5.92 Å². The fourth-order valence-corrected chi connectivity index (χ4v) is 2.04. The molecule has 18 heavy (non-hydrogen) atoms. The van der Waals surface area contributed by atoms with E-state index in [0.29, 0.717) is 25.6 Å². The predicted octanol–water partition coefficient (Wildman–Crippen LogP) is 3.44. The maximum absolute atomic E-state index is 12.6. The molecule has 106 valence electrons. The summed E-state index contributed by atoms with van der Waals surface area (Å²) in [7, 11) is 0. The molecular formula is C12H18F4O2. The molecule has 1 aliphatic rings. The highest BCUT2D eigenvalue weighted by molar-refractivity contribution is 5.85. The van der Waals surface area contributed by atoms with E-state index < -0.39 is 24.6 Å². The third-order valence-corrected chi connectivity index (χ3v) is 3.25. The Bertz CT molecular complexity index is 263. The van der Waals surface area contributed by atoms with Crippen molar-refractivity contribution in [3.8, 4) is 0 Å². The zero-order valence-electron chi connectivity index (χ0n) is 10.1. The summed E-state index contributed by atoms with van der Waals surface area (Å²) >= 11 is 0. The minimum atomic E-state index is -4.49. The average molecular weight is 270 g/mol. The number of ketones is 1. The molecule has 1 heterocycles. The molecular weight excluding hydrogens is 252 g/mol. The molecule has 0 radical (unpaired) electrons. The molecule has 1 rings (SSSR count). The van der Waals surface area contributed by atoms with Crippen LogP contribution in [0.1, 0.15) is 38.5 Å². The number of rotatable bonds is 7. The summed E-state index contributed by atoms with van der Waals surface area (Å²) < 4.78 is 54.1. The zero-order valence-corrected chi connectivity index (χ0v) is 10.1. The van der Waals surface area contributed by atoms with Crippen LogP contribution in [0.25, 0.3) is 0 Å². The van der Waals surface area contributed by atoms with E-state index in [0.717, 1.165) is 19.3 Å². The van der Waals surface area contributed by atoms with Gasteiger partial charge >= 0.3 is 12.3 Å². The van der Waals surface area contributed by atoms with Gasteiger partial charge in [0.05, 0.1) is 0 Å². The monoisotopic (exact) mass is 270 g/mol. The highest BCUT2D eigenvalue weighted by Crippen LogP contribution is 2.27. The summed E-state index contributed by atoms with van der Waals surface area (Å²) in [6.07, 6.45) is -0.769. The van der Waals surface area contributed by atoms with Gasteiger partial charge in [-0.2, -0.15) is 8.78 Å². The van der Waals surface area contributed by atoms with E-state index >= 15 is 0 Å². The molecule has 0 bridgehead atoms. The smallest absolute Gasteiger partial charge is 0.364 e. The largest absolute Gasteiger partial charge is 0.381 e. The van der Waals surface area contributed by atoms with E-state index in [2.05, 4.69) is 0 Å². The molecule has 0 amide bonds. The first kappa shape index (κ1) is 15.4. The van der Waals surface area contributed by atoms with Gasteiger partial charge in [-0.05, 0) is 25.2 Å². The number of hydrogen-bond donors (Lipinski definition) is 0. The molecule has 0 spiro atoms. The summed E-state index contributed by atoms with van der Waals surface area (Å²) in [4.78, 5) is 10.9. The van der Waals surface area contributed by atoms with Crippen LogP contribution in [0.5, 0.6) is 0 Å². The second-order valence-corrected chi connectivity index (χ2v) is 4.65. The number of unbranched alkanes of at least 4 members (excludes halogenated alkanes) is 1. The van der Waals surface area contributed by atoms with E-state index in [1.807, 2.05) is 0 Å². The quantitative estimate of drug-likeness (QED) is 0.523. The topological polar surface area (TPSA) is 26.3 Å². The molecule has 0 atom stereocenters. The lowest BCUT2D eigenvalue weighted by molar-refractivity contribution is -0.167. The first-order valence-electron chi connectivity index (χ1n) is 6.21. The van der Waals surface area contributed by atoms with Gasteiger partial charge in [0.25, 0.3) is 0 Å². The van der Waals surface area contributed by atoms with Gasteiger partial charge in [-0.15, -0.1) is 0 Å². The lowest BCUT2D eigenvalue weighted by Gasteiger charge is -2.21. The second-order valence-electron chi connectivity index (χ2n) is 4.65. The maximum atomic E-state index is 12.6. The Kier molecular flexibility index (Phi) is 6.05. The van der Waals surface area contributed by atoms with E-state index in [-0.39, 0.29) is 6.42 Å². The summed E-state index contributed by atoms with van der Waals surface area (Å²) in [6.45, 7) is 1.43. The van der Waals surface area contributed by atoms with Crippen LogP contribution >= 0.6 is 0 Å². The van der Waals surface area contributed by atoms with Crippen LogP contribution in [0.15, 0.2) is 0 Å². The molecule has 1 fully saturated rings. The highest BCUT2D eigenvalue weighted by Gasteiger charge is 2.47. The molecule has 1 aliphatic heterocycles. The molecule has 0 unspecified atom stereocenters. The van der Waals surface area contributed by atoms with E-state index in [9.17, 15) is 22.4 Å². The molecule has 0 aromatic rings.